The molecule has 1 aliphatic rings. The highest BCUT2D eigenvalue weighted by Crippen LogP contribution is 2.20. The van der Waals surface area contributed by atoms with Crippen molar-refractivity contribution in [1.29, 1.82) is 0 Å². The lowest BCUT2D eigenvalue weighted by atomic mass is 10.1. The van der Waals surface area contributed by atoms with E-state index < -0.39 is 0 Å². The Morgan fingerprint density at radius 2 is 1.94 bits per heavy atom. The van der Waals surface area contributed by atoms with Gasteiger partial charge in [-0.25, -0.2) is 0 Å². The van der Waals surface area contributed by atoms with Crippen LogP contribution in [-0.4, -0.2) is 63.0 Å². The maximum absolute atomic E-state index is 12.5. The lowest BCUT2D eigenvalue weighted by Gasteiger charge is -2.33. The van der Waals surface area contributed by atoms with E-state index in [9.17, 15) is 4.79 Å². The molecule has 0 unspecified atom stereocenters. The van der Waals surface area contributed by atoms with Gasteiger partial charge < -0.3 is 14.7 Å². The fraction of sp³-hybridized carbons (Fsp3) is 0.500. The van der Waals surface area contributed by atoms with Crippen LogP contribution in [0.15, 0.2) is 18.2 Å². The predicted molar refractivity (Wildman–Crippen MR) is 73.0 cm³/mol. The van der Waals surface area contributed by atoms with Gasteiger partial charge >= 0.3 is 0 Å². The Kier molecular flexibility index (Phi) is 3.87. The Labute approximate surface area is 109 Å². The molecule has 1 fully saturated rings. The average molecular weight is 246 g/mol. The fourth-order valence-electron chi connectivity index (χ4n) is 2.16. The van der Waals surface area contributed by atoms with Gasteiger partial charge in [-0.05, 0) is 25.2 Å². The van der Waals surface area contributed by atoms with E-state index in [1.54, 1.807) is 6.07 Å². The van der Waals surface area contributed by atoms with E-state index in [4.69, 9.17) is 0 Å². The topological polar surface area (TPSA) is 26.8 Å². The SMILES string of the molecule is CN1CCN(C(=O)c2c[c]ccc2N(C)C)CC1. The molecule has 4 heteroatoms. The maximum Gasteiger partial charge on any atom is 0.256 e. The number of hydrogen-bond donors (Lipinski definition) is 0. The van der Waals surface area contributed by atoms with Gasteiger partial charge in [0.25, 0.3) is 5.91 Å². The lowest BCUT2D eigenvalue weighted by molar-refractivity contribution is 0.0665. The van der Waals surface area contributed by atoms with Crippen molar-refractivity contribution in [3.8, 4) is 0 Å². The van der Waals surface area contributed by atoms with Crippen molar-refractivity contribution in [3.63, 3.8) is 0 Å². The van der Waals surface area contributed by atoms with Gasteiger partial charge in [-0.3, -0.25) is 4.79 Å². The number of likely N-dealkylation sites (N-methyl/N-ethyl adjacent to an activating group) is 1. The summed E-state index contributed by atoms with van der Waals surface area (Å²) in [7, 11) is 6.00. The highest BCUT2D eigenvalue weighted by Gasteiger charge is 2.22. The van der Waals surface area contributed by atoms with Crippen molar-refractivity contribution in [1.82, 2.24) is 9.80 Å². The first kappa shape index (κ1) is 12.9. The minimum Gasteiger partial charge on any atom is -0.377 e. The standard InChI is InChI=1S/C14H20N3O/c1-15(2)13-7-5-4-6-12(13)14(18)17-10-8-16(3)9-11-17/h5-7H,8-11H2,1-3H3. The number of nitrogens with zero attached hydrogens (tertiary/aromatic N) is 3. The van der Waals surface area contributed by atoms with E-state index in [1.165, 1.54) is 0 Å². The van der Waals surface area contributed by atoms with Crippen LogP contribution in [0.4, 0.5) is 5.69 Å². The second kappa shape index (κ2) is 5.40. The average Bonchev–Trinajstić information content (AvgIpc) is 2.39. The highest BCUT2D eigenvalue weighted by molar-refractivity contribution is 5.99. The number of carbonyl (C=O) groups excluding carboxylic acids is 1. The number of benzene rings is 1. The second-order valence-electron chi connectivity index (χ2n) is 4.93. The van der Waals surface area contributed by atoms with E-state index in [0.717, 1.165) is 37.4 Å². The number of piperazine rings is 1. The highest BCUT2D eigenvalue weighted by atomic mass is 16.2. The Morgan fingerprint density at radius 1 is 1.28 bits per heavy atom. The van der Waals surface area contributed by atoms with E-state index >= 15 is 0 Å². The zero-order valence-electron chi connectivity index (χ0n) is 11.3. The first-order chi connectivity index (χ1) is 8.59. The summed E-state index contributed by atoms with van der Waals surface area (Å²) >= 11 is 0. The van der Waals surface area contributed by atoms with Gasteiger partial charge in [0.1, 0.15) is 0 Å². The molecule has 0 N–H and O–H groups in total. The minimum atomic E-state index is 0.114. The van der Waals surface area contributed by atoms with Crippen molar-refractivity contribution < 1.29 is 4.79 Å². The maximum atomic E-state index is 12.5. The second-order valence-corrected chi connectivity index (χ2v) is 4.93. The molecule has 1 radical (unpaired) electrons. The molecule has 97 valence electrons. The van der Waals surface area contributed by atoms with Gasteiger partial charge in [0.05, 0.1) is 5.56 Å². The quantitative estimate of drug-likeness (QED) is 0.777. The summed E-state index contributed by atoms with van der Waals surface area (Å²) in [5, 5.41) is 0. The van der Waals surface area contributed by atoms with Crippen LogP contribution in [0.25, 0.3) is 0 Å². The van der Waals surface area contributed by atoms with Crippen LogP contribution in [0, 0.1) is 6.07 Å². The van der Waals surface area contributed by atoms with Gasteiger partial charge in [-0.15, -0.1) is 0 Å². The van der Waals surface area contributed by atoms with Gasteiger partial charge in [-0.2, -0.15) is 0 Å². The summed E-state index contributed by atoms with van der Waals surface area (Å²) < 4.78 is 0. The smallest absolute Gasteiger partial charge is 0.256 e. The molecule has 0 saturated carbocycles. The van der Waals surface area contributed by atoms with Gasteiger partial charge in [-0.1, -0.05) is 6.07 Å². The molecule has 1 amide bonds. The van der Waals surface area contributed by atoms with E-state index in [2.05, 4.69) is 18.0 Å². The molecule has 0 atom stereocenters. The zero-order chi connectivity index (χ0) is 13.1. The van der Waals surface area contributed by atoms with E-state index in [-0.39, 0.29) is 5.91 Å². The van der Waals surface area contributed by atoms with Crippen LogP contribution in [0.1, 0.15) is 10.4 Å². The molecular formula is C14H20N3O. The fourth-order valence-corrected chi connectivity index (χ4v) is 2.16. The molecule has 0 aliphatic carbocycles. The summed E-state index contributed by atoms with van der Waals surface area (Å²) in [4.78, 5) is 18.6. The third kappa shape index (κ3) is 2.64. The summed E-state index contributed by atoms with van der Waals surface area (Å²) in [6.07, 6.45) is 0. The zero-order valence-corrected chi connectivity index (χ0v) is 11.3. The number of rotatable bonds is 2. The van der Waals surface area contributed by atoms with Crippen molar-refractivity contribution in [2.45, 2.75) is 0 Å². The Balaban J connectivity index is 2.18. The van der Waals surface area contributed by atoms with Crippen LogP contribution >= 0.6 is 0 Å². The third-order valence-electron chi connectivity index (χ3n) is 3.34. The number of carbonyl (C=O) groups is 1. The molecule has 1 saturated heterocycles. The van der Waals surface area contributed by atoms with Crippen molar-refractivity contribution in [2.24, 2.45) is 0 Å². The Morgan fingerprint density at radius 3 is 2.56 bits per heavy atom. The van der Waals surface area contributed by atoms with Crippen molar-refractivity contribution in [2.75, 3.05) is 52.2 Å². The molecule has 18 heavy (non-hydrogen) atoms. The van der Waals surface area contributed by atoms with E-state index in [1.807, 2.05) is 36.0 Å². The first-order valence-corrected chi connectivity index (χ1v) is 6.25. The molecule has 2 rings (SSSR count). The van der Waals surface area contributed by atoms with Crippen LogP contribution in [0.2, 0.25) is 0 Å². The Bertz CT molecular complexity index is 423. The molecule has 4 nitrogen and oxygen atoms in total. The van der Waals surface area contributed by atoms with Gasteiger partial charge in [0.2, 0.25) is 0 Å². The normalized spacial score (nSPS) is 16.7. The van der Waals surface area contributed by atoms with Crippen molar-refractivity contribution >= 4 is 11.6 Å². The summed E-state index contributed by atoms with van der Waals surface area (Å²) in [5.74, 6) is 0.114. The molecule has 0 bridgehead atoms. The molecule has 1 aromatic carbocycles. The Hall–Kier alpha value is -1.55. The van der Waals surface area contributed by atoms with Gasteiger partial charge in [0.15, 0.2) is 0 Å². The number of hydrogen-bond acceptors (Lipinski definition) is 3. The lowest BCUT2D eigenvalue weighted by Crippen LogP contribution is -2.47. The molecule has 1 heterocycles. The van der Waals surface area contributed by atoms with Crippen LogP contribution in [0.5, 0.6) is 0 Å². The summed E-state index contributed by atoms with van der Waals surface area (Å²) in [5.41, 5.74) is 1.70. The third-order valence-corrected chi connectivity index (χ3v) is 3.34. The van der Waals surface area contributed by atoms with Crippen LogP contribution in [0.3, 0.4) is 0 Å². The predicted octanol–water partition coefficient (Wildman–Crippen LogP) is 0.940. The molecule has 0 aromatic heterocycles. The first-order valence-electron chi connectivity index (χ1n) is 6.25. The van der Waals surface area contributed by atoms with E-state index in [0.29, 0.717) is 0 Å². The van der Waals surface area contributed by atoms with Crippen LogP contribution in [-0.2, 0) is 0 Å². The van der Waals surface area contributed by atoms with Crippen LogP contribution < -0.4 is 4.90 Å². The molecule has 0 spiro atoms. The summed E-state index contributed by atoms with van der Waals surface area (Å²) in [6.45, 7) is 3.49. The molecular weight excluding hydrogens is 226 g/mol. The number of amides is 1. The monoisotopic (exact) mass is 246 g/mol. The largest absolute Gasteiger partial charge is 0.377 e. The minimum absolute atomic E-state index is 0.114. The molecule has 1 aliphatic heterocycles. The number of anilines is 1. The molecule has 1 aromatic rings. The summed E-state index contributed by atoms with van der Waals surface area (Å²) in [6, 6.07) is 8.57. The van der Waals surface area contributed by atoms with Crippen molar-refractivity contribution in [3.05, 3.63) is 29.8 Å². The van der Waals surface area contributed by atoms with Gasteiger partial charge in [0, 0.05) is 46.0 Å².